The van der Waals surface area contributed by atoms with E-state index in [9.17, 15) is 8.78 Å². The van der Waals surface area contributed by atoms with Crippen molar-refractivity contribution in [2.75, 3.05) is 13.1 Å². The van der Waals surface area contributed by atoms with Crippen LogP contribution in [0.15, 0.2) is 42.5 Å². The summed E-state index contributed by atoms with van der Waals surface area (Å²) in [5.41, 5.74) is 2.89. The van der Waals surface area contributed by atoms with Crippen molar-refractivity contribution in [1.29, 1.82) is 0 Å². The van der Waals surface area contributed by atoms with Crippen LogP contribution < -0.4 is 5.32 Å². The lowest BCUT2D eigenvalue weighted by Gasteiger charge is -2.33. The number of hydrogen-bond donors (Lipinski definition) is 1. The summed E-state index contributed by atoms with van der Waals surface area (Å²) in [5, 5.41) is 3.37. The molecule has 0 bridgehead atoms. The normalized spacial score (nSPS) is 22.2. The summed E-state index contributed by atoms with van der Waals surface area (Å²) in [5.74, 6) is -0.478. The number of piperidine rings is 1. The number of aryl methyl sites for hydroxylation is 1. The summed E-state index contributed by atoms with van der Waals surface area (Å²) >= 11 is 0. The highest BCUT2D eigenvalue weighted by Crippen LogP contribution is 2.38. The molecular formula is C18H19F2N. The molecule has 0 amide bonds. The van der Waals surface area contributed by atoms with Crippen molar-refractivity contribution in [3.05, 3.63) is 70.8 Å². The molecule has 1 aliphatic rings. The Morgan fingerprint density at radius 2 is 1.76 bits per heavy atom. The van der Waals surface area contributed by atoms with E-state index in [1.807, 2.05) is 6.92 Å². The summed E-state index contributed by atoms with van der Waals surface area (Å²) in [6.45, 7) is 3.68. The van der Waals surface area contributed by atoms with Gasteiger partial charge in [-0.2, -0.15) is 0 Å². The average molecular weight is 287 g/mol. The second-order valence-corrected chi connectivity index (χ2v) is 5.78. The van der Waals surface area contributed by atoms with E-state index in [-0.39, 0.29) is 23.5 Å². The third-order valence-electron chi connectivity index (χ3n) is 4.35. The van der Waals surface area contributed by atoms with E-state index in [0.717, 1.165) is 19.5 Å². The van der Waals surface area contributed by atoms with Gasteiger partial charge in [0, 0.05) is 12.5 Å². The Hall–Kier alpha value is -1.74. The minimum absolute atomic E-state index is 0.0182. The monoisotopic (exact) mass is 287 g/mol. The number of halogens is 2. The van der Waals surface area contributed by atoms with Gasteiger partial charge in [-0.15, -0.1) is 0 Å². The van der Waals surface area contributed by atoms with Crippen molar-refractivity contribution < 1.29 is 8.78 Å². The van der Waals surface area contributed by atoms with Gasteiger partial charge in [0.2, 0.25) is 0 Å². The zero-order chi connectivity index (χ0) is 14.8. The number of nitrogens with one attached hydrogen (secondary N) is 1. The Labute approximate surface area is 124 Å². The maximum Gasteiger partial charge on any atom is 0.126 e. The SMILES string of the molecule is Cc1ccc(C2CNCCC2c2cc(F)ccc2F)cc1. The molecule has 3 rings (SSSR count). The molecule has 2 aromatic carbocycles. The van der Waals surface area contributed by atoms with Crippen LogP contribution in [-0.2, 0) is 0 Å². The van der Waals surface area contributed by atoms with Crippen LogP contribution in [0.25, 0.3) is 0 Å². The molecule has 0 saturated carbocycles. The van der Waals surface area contributed by atoms with Gasteiger partial charge in [-0.05, 0) is 55.1 Å². The molecule has 1 nitrogen and oxygen atoms in total. The molecule has 1 saturated heterocycles. The first-order valence-electron chi connectivity index (χ1n) is 7.37. The minimum atomic E-state index is -0.368. The molecule has 0 spiro atoms. The first-order valence-corrected chi connectivity index (χ1v) is 7.37. The Morgan fingerprint density at radius 3 is 2.52 bits per heavy atom. The largest absolute Gasteiger partial charge is 0.316 e. The van der Waals surface area contributed by atoms with Crippen LogP contribution in [0.2, 0.25) is 0 Å². The maximum atomic E-state index is 14.1. The molecule has 2 aromatic rings. The van der Waals surface area contributed by atoms with Gasteiger partial charge < -0.3 is 5.32 Å². The van der Waals surface area contributed by atoms with Gasteiger partial charge in [0.15, 0.2) is 0 Å². The van der Waals surface area contributed by atoms with Crippen molar-refractivity contribution in [2.24, 2.45) is 0 Å². The third-order valence-corrected chi connectivity index (χ3v) is 4.35. The summed E-state index contributed by atoms with van der Waals surface area (Å²) in [4.78, 5) is 0. The molecule has 2 unspecified atom stereocenters. The minimum Gasteiger partial charge on any atom is -0.316 e. The zero-order valence-corrected chi connectivity index (χ0v) is 12.1. The topological polar surface area (TPSA) is 12.0 Å². The molecule has 1 N–H and O–H groups in total. The van der Waals surface area contributed by atoms with Crippen LogP contribution in [0.3, 0.4) is 0 Å². The predicted octanol–water partition coefficient (Wildman–Crippen LogP) is 4.13. The number of rotatable bonds is 2. The predicted molar refractivity (Wildman–Crippen MR) is 80.5 cm³/mol. The molecule has 3 heteroatoms. The van der Waals surface area contributed by atoms with Crippen molar-refractivity contribution in [3.63, 3.8) is 0 Å². The Kier molecular flexibility index (Phi) is 4.02. The highest BCUT2D eigenvalue weighted by molar-refractivity contribution is 5.32. The van der Waals surface area contributed by atoms with Gasteiger partial charge in [0.05, 0.1) is 0 Å². The molecule has 110 valence electrons. The van der Waals surface area contributed by atoms with Crippen molar-refractivity contribution in [3.8, 4) is 0 Å². The summed E-state index contributed by atoms with van der Waals surface area (Å²) in [6.07, 6.45) is 0.818. The fourth-order valence-electron chi connectivity index (χ4n) is 3.19. The summed E-state index contributed by atoms with van der Waals surface area (Å²) < 4.78 is 27.6. The van der Waals surface area contributed by atoms with Crippen LogP contribution >= 0.6 is 0 Å². The molecule has 1 fully saturated rings. The molecule has 1 heterocycles. The lowest BCUT2D eigenvalue weighted by Crippen LogP contribution is -2.34. The summed E-state index contributed by atoms with van der Waals surface area (Å²) in [7, 11) is 0. The van der Waals surface area contributed by atoms with Crippen LogP contribution in [0.4, 0.5) is 8.78 Å². The average Bonchev–Trinajstić information content (AvgIpc) is 2.51. The highest BCUT2D eigenvalue weighted by atomic mass is 19.1. The first kappa shape index (κ1) is 14.2. The maximum absolute atomic E-state index is 14.1. The first-order chi connectivity index (χ1) is 10.1. The van der Waals surface area contributed by atoms with Crippen LogP contribution in [0.1, 0.15) is 34.9 Å². The quantitative estimate of drug-likeness (QED) is 0.875. The second-order valence-electron chi connectivity index (χ2n) is 5.78. The zero-order valence-electron chi connectivity index (χ0n) is 12.1. The van der Waals surface area contributed by atoms with E-state index in [1.165, 1.54) is 29.3 Å². The van der Waals surface area contributed by atoms with Gasteiger partial charge in [-0.1, -0.05) is 29.8 Å². The lowest BCUT2D eigenvalue weighted by atomic mass is 9.77. The van der Waals surface area contributed by atoms with Crippen molar-refractivity contribution in [2.45, 2.75) is 25.2 Å². The van der Waals surface area contributed by atoms with E-state index in [2.05, 4.69) is 29.6 Å². The van der Waals surface area contributed by atoms with Crippen LogP contribution in [-0.4, -0.2) is 13.1 Å². The molecular weight excluding hydrogens is 268 g/mol. The van der Waals surface area contributed by atoms with Crippen molar-refractivity contribution >= 4 is 0 Å². The van der Waals surface area contributed by atoms with E-state index >= 15 is 0 Å². The summed E-state index contributed by atoms with van der Waals surface area (Å²) in [6, 6.07) is 12.1. The number of hydrogen-bond acceptors (Lipinski definition) is 1. The Morgan fingerprint density at radius 1 is 1.00 bits per heavy atom. The molecule has 2 atom stereocenters. The molecule has 1 aliphatic heterocycles. The van der Waals surface area contributed by atoms with E-state index < -0.39 is 0 Å². The second kappa shape index (κ2) is 5.94. The van der Waals surface area contributed by atoms with Gasteiger partial charge in [0.1, 0.15) is 11.6 Å². The lowest BCUT2D eigenvalue weighted by molar-refractivity contribution is 0.391. The molecule has 0 radical (unpaired) electrons. The van der Waals surface area contributed by atoms with Gasteiger partial charge >= 0.3 is 0 Å². The Bertz CT molecular complexity index is 622. The van der Waals surface area contributed by atoms with Crippen LogP contribution in [0.5, 0.6) is 0 Å². The molecule has 0 aliphatic carbocycles. The highest BCUT2D eigenvalue weighted by Gasteiger charge is 2.29. The number of benzene rings is 2. The van der Waals surface area contributed by atoms with E-state index in [1.54, 1.807) is 0 Å². The van der Waals surface area contributed by atoms with E-state index in [0.29, 0.717) is 5.56 Å². The van der Waals surface area contributed by atoms with Gasteiger partial charge in [-0.3, -0.25) is 0 Å². The fourth-order valence-corrected chi connectivity index (χ4v) is 3.19. The van der Waals surface area contributed by atoms with Gasteiger partial charge in [0.25, 0.3) is 0 Å². The molecule has 0 aromatic heterocycles. The van der Waals surface area contributed by atoms with Crippen LogP contribution in [0, 0.1) is 18.6 Å². The Balaban J connectivity index is 1.98. The molecule has 21 heavy (non-hydrogen) atoms. The standard InChI is InChI=1S/C18H19F2N/c1-12-2-4-13(5-3-12)17-11-21-9-8-15(17)16-10-14(19)6-7-18(16)20/h2-7,10,15,17,21H,8-9,11H2,1H3. The smallest absolute Gasteiger partial charge is 0.126 e. The third kappa shape index (κ3) is 2.98. The van der Waals surface area contributed by atoms with Gasteiger partial charge in [-0.25, -0.2) is 8.78 Å². The fraction of sp³-hybridized carbons (Fsp3) is 0.333. The van der Waals surface area contributed by atoms with E-state index in [4.69, 9.17) is 0 Å². The van der Waals surface area contributed by atoms with Crippen molar-refractivity contribution in [1.82, 2.24) is 5.32 Å².